The van der Waals surface area contributed by atoms with Gasteiger partial charge in [-0.05, 0) is 55.4 Å². The number of sulfone groups is 1. The molecule has 0 bridgehead atoms. The Labute approximate surface area is 142 Å². The first-order valence-electron chi connectivity index (χ1n) is 8.06. The molecule has 4 nitrogen and oxygen atoms in total. The molecule has 2 fully saturated rings. The molecule has 1 aliphatic heterocycles. The molecule has 2 atom stereocenters. The molecule has 1 saturated heterocycles. The molecule has 0 spiro atoms. The second-order valence-corrected chi connectivity index (χ2v) is 9.80. The van der Waals surface area contributed by atoms with Gasteiger partial charge in [0.25, 0.3) is 0 Å². The van der Waals surface area contributed by atoms with Gasteiger partial charge in [-0.15, -0.1) is 0 Å². The fourth-order valence-electron chi connectivity index (χ4n) is 3.67. The molecular weight excluding hydrogens is 334 g/mol. The third-order valence-electron chi connectivity index (χ3n) is 4.89. The fraction of sp³-hybridized carbons (Fsp3) is 0.588. The largest absolute Gasteiger partial charge is 0.341 e. The second-order valence-electron chi connectivity index (χ2n) is 7.11. The molecule has 1 amide bonds. The van der Waals surface area contributed by atoms with Crippen LogP contribution in [0.1, 0.15) is 33.1 Å². The summed E-state index contributed by atoms with van der Waals surface area (Å²) in [6.07, 6.45) is 1.91. The van der Waals surface area contributed by atoms with Gasteiger partial charge >= 0.3 is 0 Å². The van der Waals surface area contributed by atoms with Gasteiger partial charge in [-0.1, -0.05) is 25.4 Å². The summed E-state index contributed by atoms with van der Waals surface area (Å²) in [7, 11) is -3.68. The highest BCUT2D eigenvalue weighted by Crippen LogP contribution is 2.48. The van der Waals surface area contributed by atoms with Crippen molar-refractivity contribution in [2.24, 2.45) is 11.8 Å². The van der Waals surface area contributed by atoms with E-state index in [1.54, 1.807) is 17.0 Å². The zero-order valence-electron chi connectivity index (χ0n) is 13.5. The van der Waals surface area contributed by atoms with E-state index in [-0.39, 0.29) is 10.8 Å². The predicted octanol–water partition coefficient (Wildman–Crippen LogP) is 3.15. The first kappa shape index (κ1) is 16.8. The lowest BCUT2D eigenvalue weighted by Crippen LogP contribution is -2.50. The number of piperidine rings is 1. The van der Waals surface area contributed by atoms with Crippen molar-refractivity contribution in [3.63, 3.8) is 0 Å². The van der Waals surface area contributed by atoms with Gasteiger partial charge in [0.1, 0.15) is 0 Å². The smallest absolute Gasteiger partial charge is 0.244 e. The van der Waals surface area contributed by atoms with E-state index in [2.05, 4.69) is 13.8 Å². The van der Waals surface area contributed by atoms with Crippen LogP contribution in [0.15, 0.2) is 29.2 Å². The van der Waals surface area contributed by atoms with Crippen molar-refractivity contribution in [1.29, 1.82) is 0 Å². The maximum Gasteiger partial charge on any atom is 0.244 e. The Bertz CT molecular complexity index is 700. The summed E-state index contributed by atoms with van der Waals surface area (Å²) in [6.45, 7) is 5.54. The van der Waals surface area contributed by atoms with E-state index in [0.717, 1.165) is 6.42 Å². The summed E-state index contributed by atoms with van der Waals surface area (Å²) < 4.78 is 24.7. The highest BCUT2D eigenvalue weighted by atomic mass is 35.5. The van der Waals surface area contributed by atoms with Gasteiger partial charge in [-0.2, -0.15) is 0 Å². The van der Waals surface area contributed by atoms with Gasteiger partial charge in [-0.25, -0.2) is 8.42 Å². The van der Waals surface area contributed by atoms with Crippen LogP contribution in [-0.4, -0.2) is 37.1 Å². The molecule has 6 heteroatoms. The molecule has 3 rings (SSSR count). The van der Waals surface area contributed by atoms with Crippen LogP contribution >= 0.6 is 11.6 Å². The van der Waals surface area contributed by atoms with Crippen LogP contribution in [0.5, 0.6) is 0 Å². The van der Waals surface area contributed by atoms with Crippen LogP contribution in [0.25, 0.3) is 0 Å². The van der Waals surface area contributed by atoms with Crippen molar-refractivity contribution >= 4 is 27.3 Å². The number of carbonyl (C=O) groups excluding carboxylic acids is 1. The average Bonchev–Trinajstić information content (AvgIpc) is 3.28. The van der Waals surface area contributed by atoms with Crippen LogP contribution in [0, 0.1) is 11.8 Å². The Morgan fingerprint density at radius 3 is 2.13 bits per heavy atom. The lowest BCUT2D eigenvalue weighted by Gasteiger charge is -2.37. The van der Waals surface area contributed by atoms with Gasteiger partial charge in [-0.3, -0.25) is 4.79 Å². The summed E-state index contributed by atoms with van der Waals surface area (Å²) in [6, 6.07) is 6.10. The zero-order chi connectivity index (χ0) is 16.8. The number of rotatable bonds is 3. The summed E-state index contributed by atoms with van der Waals surface area (Å²) >= 11 is 5.84. The minimum Gasteiger partial charge on any atom is -0.341 e. The third kappa shape index (κ3) is 2.89. The molecule has 0 radical (unpaired) electrons. The highest BCUT2D eigenvalue weighted by Gasteiger charge is 2.62. The topological polar surface area (TPSA) is 54.5 Å². The number of likely N-dealkylation sites (tertiary alicyclic amines) is 1. The molecular formula is C17H22ClNO3S. The summed E-state index contributed by atoms with van der Waals surface area (Å²) in [5.41, 5.74) is 0. The first-order valence-corrected chi connectivity index (χ1v) is 9.92. The van der Waals surface area contributed by atoms with Gasteiger partial charge in [0, 0.05) is 18.1 Å². The summed E-state index contributed by atoms with van der Waals surface area (Å²) in [5, 5.41) is 0.485. The number of benzene rings is 1. The molecule has 0 aromatic heterocycles. The van der Waals surface area contributed by atoms with Gasteiger partial charge in [0.15, 0.2) is 14.6 Å². The predicted molar refractivity (Wildman–Crippen MR) is 90.1 cm³/mol. The Morgan fingerprint density at radius 2 is 1.65 bits per heavy atom. The molecule has 1 aromatic carbocycles. The van der Waals surface area contributed by atoms with E-state index in [1.807, 2.05) is 0 Å². The molecule has 1 aliphatic carbocycles. The Balaban J connectivity index is 1.89. The first-order chi connectivity index (χ1) is 10.8. The number of amides is 1. The Morgan fingerprint density at radius 1 is 1.13 bits per heavy atom. The number of hydrogen-bond donors (Lipinski definition) is 0. The SMILES string of the molecule is CC1CC(C)CN(C(=O)C2(S(=O)(=O)c3ccc(Cl)cc3)CC2)C1. The van der Waals surface area contributed by atoms with Crippen LogP contribution in [-0.2, 0) is 14.6 Å². The van der Waals surface area contributed by atoms with Crippen LogP contribution in [0.4, 0.5) is 0 Å². The minimum atomic E-state index is -3.68. The molecule has 1 saturated carbocycles. The van der Waals surface area contributed by atoms with Gasteiger partial charge < -0.3 is 4.90 Å². The van der Waals surface area contributed by atoms with Crippen molar-refractivity contribution < 1.29 is 13.2 Å². The molecule has 0 N–H and O–H groups in total. The maximum absolute atomic E-state index is 13.0. The van der Waals surface area contributed by atoms with Crippen molar-refractivity contribution in [1.82, 2.24) is 4.90 Å². The average molecular weight is 356 g/mol. The van der Waals surface area contributed by atoms with E-state index in [1.165, 1.54) is 12.1 Å². The van der Waals surface area contributed by atoms with Crippen molar-refractivity contribution in [3.05, 3.63) is 29.3 Å². The quantitative estimate of drug-likeness (QED) is 0.836. The van der Waals surface area contributed by atoms with E-state index in [9.17, 15) is 13.2 Å². The number of hydrogen-bond acceptors (Lipinski definition) is 3. The normalized spacial score (nSPS) is 26.8. The highest BCUT2D eigenvalue weighted by molar-refractivity contribution is 7.94. The second kappa shape index (κ2) is 5.78. The van der Waals surface area contributed by atoms with Crippen LogP contribution in [0.3, 0.4) is 0 Å². The van der Waals surface area contributed by atoms with Crippen molar-refractivity contribution in [2.75, 3.05) is 13.1 Å². The van der Waals surface area contributed by atoms with Gasteiger partial charge in [0.2, 0.25) is 5.91 Å². The number of nitrogens with zero attached hydrogens (tertiary/aromatic N) is 1. The maximum atomic E-state index is 13.0. The molecule has 2 aliphatic rings. The molecule has 2 unspecified atom stereocenters. The van der Waals surface area contributed by atoms with E-state index in [4.69, 9.17) is 11.6 Å². The standard InChI is InChI=1S/C17H22ClNO3S/c1-12-9-13(2)11-19(10-12)16(20)17(7-8-17)23(21,22)15-5-3-14(18)4-6-15/h3-6,12-13H,7-11H2,1-2H3. The minimum absolute atomic E-state index is 0.186. The monoisotopic (exact) mass is 355 g/mol. The summed E-state index contributed by atoms with van der Waals surface area (Å²) in [4.78, 5) is 14.9. The van der Waals surface area contributed by atoms with Crippen molar-refractivity contribution in [3.8, 4) is 0 Å². The van der Waals surface area contributed by atoms with Crippen LogP contribution < -0.4 is 0 Å². The van der Waals surface area contributed by atoms with Gasteiger partial charge in [0.05, 0.1) is 4.90 Å². The lowest BCUT2D eigenvalue weighted by molar-refractivity contribution is -0.134. The number of carbonyl (C=O) groups is 1. The molecule has 1 aromatic rings. The van der Waals surface area contributed by atoms with Crippen molar-refractivity contribution in [2.45, 2.75) is 42.8 Å². The Hall–Kier alpha value is -1.07. The van der Waals surface area contributed by atoms with Crippen LogP contribution in [0.2, 0.25) is 5.02 Å². The molecule has 126 valence electrons. The zero-order valence-corrected chi connectivity index (χ0v) is 15.0. The molecule has 23 heavy (non-hydrogen) atoms. The van der Waals surface area contributed by atoms with E-state index >= 15 is 0 Å². The lowest BCUT2D eigenvalue weighted by atomic mass is 9.91. The molecule has 1 heterocycles. The Kier molecular flexibility index (Phi) is 4.21. The third-order valence-corrected chi connectivity index (χ3v) is 7.64. The number of halogens is 1. The van der Waals surface area contributed by atoms with E-state index in [0.29, 0.717) is 42.8 Å². The summed E-state index contributed by atoms with van der Waals surface area (Å²) in [5.74, 6) is 0.610. The van der Waals surface area contributed by atoms with E-state index < -0.39 is 14.6 Å². The fourth-order valence-corrected chi connectivity index (χ4v) is 5.74.